The van der Waals surface area contributed by atoms with Crippen molar-refractivity contribution in [2.45, 2.75) is 25.5 Å². The molecule has 0 spiro atoms. The molecule has 140 valence electrons. The highest BCUT2D eigenvalue weighted by Crippen LogP contribution is 2.25. The Hall–Kier alpha value is -2.91. The van der Waals surface area contributed by atoms with E-state index in [-0.39, 0.29) is 0 Å². The van der Waals surface area contributed by atoms with E-state index < -0.39 is 0 Å². The second kappa shape index (κ2) is 7.61. The summed E-state index contributed by atoms with van der Waals surface area (Å²) in [5.74, 6) is 0.964. The van der Waals surface area contributed by atoms with Gasteiger partial charge in [-0.25, -0.2) is 0 Å². The van der Waals surface area contributed by atoms with Crippen molar-refractivity contribution in [1.29, 1.82) is 0 Å². The van der Waals surface area contributed by atoms with Crippen molar-refractivity contribution in [3.63, 3.8) is 0 Å². The predicted octanol–water partition coefficient (Wildman–Crippen LogP) is 5.43. The highest BCUT2D eigenvalue weighted by molar-refractivity contribution is 5.85. The van der Waals surface area contributed by atoms with Gasteiger partial charge in [-0.2, -0.15) is 0 Å². The van der Waals surface area contributed by atoms with Gasteiger partial charge in [-0.05, 0) is 58.8 Å². The van der Waals surface area contributed by atoms with E-state index in [1.807, 2.05) is 18.5 Å². The van der Waals surface area contributed by atoms with Gasteiger partial charge in [0.1, 0.15) is 11.9 Å². The maximum atomic E-state index is 6.29. The molecular formula is C25H24N2O. The van der Waals surface area contributed by atoms with Crippen molar-refractivity contribution in [1.82, 2.24) is 9.88 Å². The molecule has 0 unspecified atom stereocenters. The fraction of sp³-hybridized carbons (Fsp3) is 0.240. The van der Waals surface area contributed by atoms with Gasteiger partial charge in [-0.3, -0.25) is 9.88 Å². The quantitative estimate of drug-likeness (QED) is 0.480. The maximum absolute atomic E-state index is 6.29. The number of hydrogen-bond donors (Lipinski definition) is 0. The number of benzene rings is 3. The maximum Gasteiger partial charge on any atom is 0.120 e. The third-order valence-electron chi connectivity index (χ3n) is 5.72. The Morgan fingerprint density at radius 1 is 0.857 bits per heavy atom. The number of fused-ring (bicyclic) bond motifs is 2. The molecule has 0 amide bonds. The Morgan fingerprint density at radius 3 is 2.64 bits per heavy atom. The van der Waals surface area contributed by atoms with Gasteiger partial charge in [0.05, 0.1) is 0 Å². The summed E-state index contributed by atoms with van der Waals surface area (Å²) in [6, 6.07) is 23.6. The Labute approximate surface area is 165 Å². The van der Waals surface area contributed by atoms with Crippen molar-refractivity contribution in [3.05, 3.63) is 84.7 Å². The van der Waals surface area contributed by atoms with Crippen molar-refractivity contribution in [3.8, 4) is 5.75 Å². The summed E-state index contributed by atoms with van der Waals surface area (Å²) in [7, 11) is 0. The molecule has 3 heteroatoms. The third-order valence-corrected chi connectivity index (χ3v) is 5.72. The molecule has 1 aromatic heterocycles. The number of piperidine rings is 1. The molecule has 1 saturated heterocycles. The van der Waals surface area contributed by atoms with E-state index in [4.69, 9.17) is 4.74 Å². The van der Waals surface area contributed by atoms with E-state index >= 15 is 0 Å². The van der Waals surface area contributed by atoms with E-state index in [0.29, 0.717) is 6.10 Å². The van der Waals surface area contributed by atoms with Gasteiger partial charge in [-0.15, -0.1) is 0 Å². The fourth-order valence-electron chi connectivity index (χ4n) is 4.18. The van der Waals surface area contributed by atoms with Crippen molar-refractivity contribution in [2.24, 2.45) is 0 Å². The number of ether oxygens (including phenoxy) is 1. The summed E-state index contributed by atoms with van der Waals surface area (Å²) in [6.07, 6.45) is 6.16. The Morgan fingerprint density at radius 2 is 1.71 bits per heavy atom. The topological polar surface area (TPSA) is 25.4 Å². The predicted molar refractivity (Wildman–Crippen MR) is 115 cm³/mol. The van der Waals surface area contributed by atoms with Gasteiger partial charge in [0.15, 0.2) is 0 Å². The van der Waals surface area contributed by atoms with E-state index in [0.717, 1.165) is 43.6 Å². The second-order valence-corrected chi connectivity index (χ2v) is 7.62. The number of hydrogen-bond acceptors (Lipinski definition) is 3. The minimum absolute atomic E-state index is 0.294. The zero-order valence-corrected chi connectivity index (χ0v) is 15.9. The number of pyridine rings is 1. The first-order valence-electron chi connectivity index (χ1n) is 10.0. The standard InChI is InChI=1S/C25H24N2O/c1-2-7-25-19(4-1)5-3-6-22(25)18-27-14-11-23(12-15-27)28-24-9-8-21-17-26-13-10-20(21)16-24/h1-10,13,16-17,23H,11-12,14-15,18H2. The van der Waals surface area contributed by atoms with E-state index in [9.17, 15) is 0 Å². The Balaban J connectivity index is 1.22. The van der Waals surface area contributed by atoms with Crippen molar-refractivity contribution >= 4 is 21.5 Å². The van der Waals surface area contributed by atoms with Crippen LogP contribution < -0.4 is 4.74 Å². The molecule has 3 aromatic carbocycles. The number of rotatable bonds is 4. The van der Waals surface area contributed by atoms with Crippen LogP contribution in [0.2, 0.25) is 0 Å². The summed E-state index contributed by atoms with van der Waals surface area (Å²) in [6.45, 7) is 3.16. The van der Waals surface area contributed by atoms with Crippen LogP contribution in [0.25, 0.3) is 21.5 Å². The summed E-state index contributed by atoms with van der Waals surface area (Å²) in [5.41, 5.74) is 1.42. The zero-order chi connectivity index (χ0) is 18.8. The summed E-state index contributed by atoms with van der Waals surface area (Å²) in [4.78, 5) is 6.72. The summed E-state index contributed by atoms with van der Waals surface area (Å²) >= 11 is 0. The van der Waals surface area contributed by atoms with E-state index in [2.05, 4.69) is 70.5 Å². The van der Waals surface area contributed by atoms with E-state index in [1.54, 1.807) is 0 Å². The summed E-state index contributed by atoms with van der Waals surface area (Å²) in [5, 5.41) is 5.03. The lowest BCUT2D eigenvalue weighted by molar-refractivity contribution is 0.0971. The van der Waals surface area contributed by atoms with Crippen LogP contribution in [0.5, 0.6) is 5.75 Å². The zero-order valence-electron chi connectivity index (χ0n) is 15.9. The molecule has 28 heavy (non-hydrogen) atoms. The molecule has 0 bridgehead atoms. The number of nitrogens with zero attached hydrogens (tertiary/aromatic N) is 2. The highest BCUT2D eigenvalue weighted by atomic mass is 16.5. The minimum atomic E-state index is 0.294. The van der Waals surface area contributed by atoms with Crippen LogP contribution >= 0.6 is 0 Å². The third kappa shape index (κ3) is 3.58. The van der Waals surface area contributed by atoms with Gasteiger partial charge in [-0.1, -0.05) is 42.5 Å². The van der Waals surface area contributed by atoms with E-state index in [1.165, 1.54) is 21.7 Å². The largest absolute Gasteiger partial charge is 0.490 e. The van der Waals surface area contributed by atoms with Crippen LogP contribution in [-0.2, 0) is 6.54 Å². The molecular weight excluding hydrogens is 344 g/mol. The normalized spacial score (nSPS) is 15.9. The number of aromatic nitrogens is 1. The lowest BCUT2D eigenvalue weighted by Crippen LogP contribution is -2.37. The van der Waals surface area contributed by atoms with Gasteiger partial charge in [0.25, 0.3) is 0 Å². The van der Waals surface area contributed by atoms with Crippen LogP contribution in [-0.4, -0.2) is 29.1 Å². The van der Waals surface area contributed by atoms with Crippen LogP contribution in [0.1, 0.15) is 18.4 Å². The van der Waals surface area contributed by atoms with Crippen LogP contribution in [0.3, 0.4) is 0 Å². The molecule has 4 aromatic rings. The SMILES string of the molecule is c1ccc2c(CN3CCC(Oc4ccc5cnccc5c4)CC3)cccc2c1. The van der Waals surface area contributed by atoms with Gasteiger partial charge >= 0.3 is 0 Å². The molecule has 1 aliphatic heterocycles. The molecule has 0 radical (unpaired) electrons. The Bertz CT molecular complexity index is 1090. The average Bonchev–Trinajstić information content (AvgIpc) is 2.75. The first-order valence-corrected chi connectivity index (χ1v) is 10.0. The van der Waals surface area contributed by atoms with Crippen LogP contribution in [0.4, 0.5) is 0 Å². The molecule has 0 N–H and O–H groups in total. The molecule has 5 rings (SSSR count). The molecule has 0 atom stereocenters. The number of likely N-dealkylation sites (tertiary alicyclic amines) is 1. The lowest BCUT2D eigenvalue weighted by atomic mass is 10.0. The Kier molecular flexibility index (Phi) is 4.67. The van der Waals surface area contributed by atoms with Gasteiger partial charge in [0.2, 0.25) is 0 Å². The molecule has 0 saturated carbocycles. The van der Waals surface area contributed by atoms with Gasteiger partial charge < -0.3 is 4.74 Å². The first kappa shape index (κ1) is 17.2. The lowest BCUT2D eigenvalue weighted by Gasteiger charge is -2.32. The molecule has 1 aliphatic rings. The molecule has 2 heterocycles. The average molecular weight is 368 g/mol. The molecule has 1 fully saturated rings. The molecule has 3 nitrogen and oxygen atoms in total. The second-order valence-electron chi connectivity index (χ2n) is 7.62. The monoisotopic (exact) mass is 368 g/mol. The highest BCUT2D eigenvalue weighted by Gasteiger charge is 2.21. The van der Waals surface area contributed by atoms with Crippen molar-refractivity contribution < 1.29 is 4.74 Å². The van der Waals surface area contributed by atoms with Crippen molar-refractivity contribution in [2.75, 3.05) is 13.1 Å². The van der Waals surface area contributed by atoms with Crippen LogP contribution in [0.15, 0.2) is 79.1 Å². The molecule has 0 aliphatic carbocycles. The smallest absolute Gasteiger partial charge is 0.120 e. The van der Waals surface area contributed by atoms with Gasteiger partial charge in [0, 0.05) is 37.4 Å². The fourth-order valence-corrected chi connectivity index (χ4v) is 4.18. The summed E-state index contributed by atoms with van der Waals surface area (Å²) < 4.78 is 6.29. The first-order chi connectivity index (χ1) is 13.8. The van der Waals surface area contributed by atoms with Crippen LogP contribution in [0, 0.1) is 0 Å². The minimum Gasteiger partial charge on any atom is -0.490 e.